The number of carbonyl (C=O) groups is 1. The van der Waals surface area contributed by atoms with Gasteiger partial charge in [-0.25, -0.2) is 4.39 Å². The first-order valence-electron chi connectivity index (χ1n) is 9.12. The summed E-state index contributed by atoms with van der Waals surface area (Å²) in [6, 6.07) is 7.99. The molecule has 146 valence electrons. The number of hydrogen-bond donors (Lipinski definition) is 2. The molecule has 1 aliphatic carbocycles. The van der Waals surface area contributed by atoms with Crippen molar-refractivity contribution < 1.29 is 9.18 Å². The van der Waals surface area contributed by atoms with Crippen molar-refractivity contribution >= 4 is 39.6 Å². The Kier molecular flexibility index (Phi) is 5.82. The van der Waals surface area contributed by atoms with Gasteiger partial charge in [0.15, 0.2) is 5.11 Å². The minimum absolute atomic E-state index is 0.0516. The predicted molar refractivity (Wildman–Crippen MR) is 114 cm³/mol. The molecule has 0 radical (unpaired) electrons. The minimum atomic E-state index is -0.622. The Bertz CT molecular complexity index is 969. The number of nitriles is 1. The van der Waals surface area contributed by atoms with Gasteiger partial charge in [-0.15, -0.1) is 11.3 Å². The maximum Gasteiger partial charge on any atom is 0.260 e. The van der Waals surface area contributed by atoms with Gasteiger partial charge in [0.2, 0.25) is 0 Å². The third-order valence-corrected chi connectivity index (χ3v) is 6.55. The summed E-state index contributed by atoms with van der Waals surface area (Å²) in [6.07, 6.45) is 2.86. The first-order valence-corrected chi connectivity index (χ1v) is 10.3. The molecule has 1 atom stereocenters. The smallest absolute Gasteiger partial charge is 0.260 e. The number of carbonyl (C=O) groups excluding carboxylic acids is 1. The van der Waals surface area contributed by atoms with Crippen LogP contribution in [0.2, 0.25) is 0 Å². The number of nitrogens with zero attached hydrogens (tertiary/aromatic N) is 1. The van der Waals surface area contributed by atoms with Gasteiger partial charge in [-0.05, 0) is 60.5 Å². The first kappa shape index (κ1) is 20.4. The van der Waals surface area contributed by atoms with E-state index in [4.69, 9.17) is 12.2 Å². The topological polar surface area (TPSA) is 64.9 Å². The number of benzene rings is 1. The van der Waals surface area contributed by atoms with Crippen LogP contribution in [-0.2, 0) is 12.8 Å². The highest BCUT2D eigenvalue weighted by atomic mass is 32.1. The van der Waals surface area contributed by atoms with Crippen LogP contribution in [0.15, 0.2) is 24.3 Å². The molecule has 1 amide bonds. The molecule has 0 saturated heterocycles. The second kappa shape index (κ2) is 7.98. The number of nitrogens with one attached hydrogen (secondary N) is 2. The summed E-state index contributed by atoms with van der Waals surface area (Å²) in [5.74, 6) is -0.672. The molecule has 1 aliphatic rings. The predicted octanol–water partition coefficient (Wildman–Crippen LogP) is 5.04. The third kappa shape index (κ3) is 4.23. The van der Waals surface area contributed by atoms with Crippen LogP contribution in [-0.4, -0.2) is 11.0 Å². The van der Waals surface area contributed by atoms with Gasteiger partial charge >= 0.3 is 0 Å². The number of thiocarbonyl (C=S) groups is 1. The Morgan fingerprint density at radius 3 is 2.71 bits per heavy atom. The largest absolute Gasteiger partial charge is 0.323 e. The van der Waals surface area contributed by atoms with E-state index in [1.165, 1.54) is 34.4 Å². The fraction of sp³-hybridized carbons (Fsp3) is 0.381. The fourth-order valence-electron chi connectivity index (χ4n) is 3.48. The minimum Gasteiger partial charge on any atom is -0.323 e. The van der Waals surface area contributed by atoms with Crippen molar-refractivity contribution in [2.45, 2.75) is 40.0 Å². The summed E-state index contributed by atoms with van der Waals surface area (Å²) in [5.41, 5.74) is 1.81. The molecule has 2 aromatic rings. The number of amides is 1. The van der Waals surface area contributed by atoms with Gasteiger partial charge in [0.1, 0.15) is 16.9 Å². The van der Waals surface area contributed by atoms with Gasteiger partial charge < -0.3 is 5.32 Å². The van der Waals surface area contributed by atoms with Crippen LogP contribution in [0, 0.1) is 28.5 Å². The van der Waals surface area contributed by atoms with E-state index in [1.807, 2.05) is 0 Å². The van der Waals surface area contributed by atoms with E-state index in [2.05, 4.69) is 37.5 Å². The van der Waals surface area contributed by atoms with Crippen LogP contribution in [0.3, 0.4) is 0 Å². The molecule has 4 nitrogen and oxygen atoms in total. The lowest BCUT2D eigenvalue weighted by Crippen LogP contribution is -2.34. The average Bonchev–Trinajstić information content (AvgIpc) is 2.97. The Hall–Kier alpha value is -2.30. The molecule has 3 rings (SSSR count). The van der Waals surface area contributed by atoms with Crippen molar-refractivity contribution in [2.75, 3.05) is 5.32 Å². The van der Waals surface area contributed by atoms with Crippen molar-refractivity contribution in [3.63, 3.8) is 0 Å². The lowest BCUT2D eigenvalue weighted by atomic mass is 9.72. The molecule has 1 heterocycles. The number of hydrogen-bond acceptors (Lipinski definition) is 4. The van der Waals surface area contributed by atoms with E-state index in [1.54, 1.807) is 6.07 Å². The highest BCUT2D eigenvalue weighted by Gasteiger charge is 2.32. The van der Waals surface area contributed by atoms with Crippen molar-refractivity contribution in [1.82, 2.24) is 5.32 Å². The Morgan fingerprint density at radius 2 is 2.07 bits per heavy atom. The molecule has 0 aliphatic heterocycles. The highest BCUT2D eigenvalue weighted by molar-refractivity contribution is 7.80. The van der Waals surface area contributed by atoms with Crippen LogP contribution < -0.4 is 10.6 Å². The van der Waals surface area contributed by atoms with Gasteiger partial charge in [0.25, 0.3) is 5.91 Å². The number of rotatable bonds is 2. The van der Waals surface area contributed by atoms with Crippen molar-refractivity contribution in [1.29, 1.82) is 5.26 Å². The van der Waals surface area contributed by atoms with Crippen LogP contribution in [0.5, 0.6) is 0 Å². The molecule has 28 heavy (non-hydrogen) atoms. The second-order valence-electron chi connectivity index (χ2n) is 8.01. The molecule has 0 fully saturated rings. The Morgan fingerprint density at radius 1 is 1.36 bits per heavy atom. The molecular formula is C21H22FN3OS2. The number of halogens is 1. The zero-order valence-corrected chi connectivity index (χ0v) is 17.7. The SMILES string of the molecule is CC(C)(C)C1CCc2c(sc(NC(=S)NC(=O)c3ccccc3F)c2C#N)C1. The van der Waals surface area contributed by atoms with Gasteiger partial charge in [-0.3, -0.25) is 10.1 Å². The van der Waals surface area contributed by atoms with Gasteiger partial charge in [0.05, 0.1) is 11.1 Å². The summed E-state index contributed by atoms with van der Waals surface area (Å²) in [4.78, 5) is 13.4. The molecule has 1 aromatic heterocycles. The molecule has 1 aromatic carbocycles. The van der Waals surface area contributed by atoms with E-state index >= 15 is 0 Å². The summed E-state index contributed by atoms with van der Waals surface area (Å²) in [7, 11) is 0. The van der Waals surface area contributed by atoms with E-state index in [-0.39, 0.29) is 16.1 Å². The second-order valence-corrected chi connectivity index (χ2v) is 9.53. The standard InChI is InChI=1S/C21H22FN3OS2/c1-21(2,3)12-8-9-13-15(11-23)19(28-17(13)10-12)25-20(27)24-18(26)14-6-4-5-7-16(14)22/h4-7,12H,8-10H2,1-3H3,(H2,24,25,26,27). The van der Waals surface area contributed by atoms with Gasteiger partial charge in [0, 0.05) is 4.88 Å². The molecule has 0 bridgehead atoms. The van der Waals surface area contributed by atoms with Crippen molar-refractivity contribution in [3.05, 3.63) is 51.7 Å². The number of thiophene rings is 1. The van der Waals surface area contributed by atoms with Gasteiger partial charge in [-0.1, -0.05) is 32.9 Å². The van der Waals surface area contributed by atoms with Crippen LogP contribution in [0.25, 0.3) is 0 Å². The lowest BCUT2D eigenvalue weighted by Gasteiger charge is -2.33. The summed E-state index contributed by atoms with van der Waals surface area (Å²) < 4.78 is 13.8. The quantitative estimate of drug-likeness (QED) is 0.675. The zero-order valence-electron chi connectivity index (χ0n) is 16.1. The number of anilines is 1. The molecule has 1 unspecified atom stereocenters. The van der Waals surface area contributed by atoms with E-state index < -0.39 is 11.7 Å². The zero-order chi connectivity index (χ0) is 20.5. The molecule has 0 spiro atoms. The maximum absolute atomic E-state index is 13.8. The monoisotopic (exact) mass is 415 g/mol. The molecule has 0 saturated carbocycles. The molecule has 7 heteroatoms. The van der Waals surface area contributed by atoms with Crippen LogP contribution in [0.4, 0.5) is 9.39 Å². The van der Waals surface area contributed by atoms with Crippen molar-refractivity contribution in [3.8, 4) is 6.07 Å². The number of fused-ring (bicyclic) bond motifs is 1. The molecule has 2 N–H and O–H groups in total. The van der Waals surface area contributed by atoms with Crippen LogP contribution >= 0.6 is 23.6 Å². The Balaban J connectivity index is 1.75. The van der Waals surface area contributed by atoms with E-state index in [0.717, 1.165) is 24.8 Å². The summed E-state index contributed by atoms with van der Waals surface area (Å²) >= 11 is 6.73. The molecular weight excluding hydrogens is 393 g/mol. The Labute approximate surface area is 173 Å². The lowest BCUT2D eigenvalue weighted by molar-refractivity contribution is 0.0974. The summed E-state index contributed by atoms with van der Waals surface area (Å²) in [5, 5.41) is 15.8. The average molecular weight is 416 g/mol. The van der Waals surface area contributed by atoms with Gasteiger partial charge in [-0.2, -0.15) is 5.26 Å². The normalized spacial score (nSPS) is 16.0. The first-order chi connectivity index (χ1) is 13.2. The summed E-state index contributed by atoms with van der Waals surface area (Å²) in [6.45, 7) is 6.73. The van der Waals surface area contributed by atoms with E-state index in [9.17, 15) is 14.4 Å². The fourth-order valence-corrected chi connectivity index (χ4v) is 5.02. The van der Waals surface area contributed by atoms with E-state index in [0.29, 0.717) is 16.5 Å². The third-order valence-electron chi connectivity index (χ3n) is 5.17. The van der Waals surface area contributed by atoms with Crippen molar-refractivity contribution in [2.24, 2.45) is 11.3 Å². The maximum atomic E-state index is 13.8. The highest BCUT2D eigenvalue weighted by Crippen LogP contribution is 2.43. The van der Waals surface area contributed by atoms with Crippen LogP contribution in [0.1, 0.15) is 53.6 Å².